The number of carboxylic acids is 1. The lowest BCUT2D eigenvalue weighted by Gasteiger charge is -2.31. The molecule has 1 N–H and O–H groups in total. The number of aryl methyl sites for hydroxylation is 2. The molecule has 0 amide bonds. The predicted octanol–water partition coefficient (Wildman–Crippen LogP) is 6.48. The number of unbranched alkanes of at least 4 members (excludes halogenated alkanes) is 4. The molecule has 0 aliphatic carbocycles. The number of benzene rings is 2. The molecule has 2 aromatic carbocycles. The Labute approximate surface area is 191 Å². The Morgan fingerprint density at radius 1 is 0.935 bits per heavy atom. The van der Waals surface area contributed by atoms with Gasteiger partial charge in [-0.1, -0.05) is 81.0 Å². The number of rotatable bonds is 12. The molecular formula is C25H33ClO4S. The number of carbonyl (C=O) groups is 1. The van der Waals surface area contributed by atoms with Crippen LogP contribution in [0.25, 0.3) is 0 Å². The molecule has 0 aliphatic heterocycles. The van der Waals surface area contributed by atoms with Gasteiger partial charge < -0.3 is 5.11 Å². The van der Waals surface area contributed by atoms with Crippen LogP contribution in [-0.4, -0.2) is 24.7 Å². The fraction of sp³-hybridized carbons (Fsp3) is 0.480. The molecule has 4 nitrogen and oxygen atoms in total. The molecule has 170 valence electrons. The SMILES string of the molecule is Cc1ccc(S(=O)(=O)C(C(=O)O)C(C)(C)CCCCCCCc2ccc(Cl)cc2)cc1. The van der Waals surface area contributed by atoms with E-state index in [1.807, 2.05) is 31.2 Å². The van der Waals surface area contributed by atoms with Gasteiger partial charge in [-0.3, -0.25) is 4.79 Å². The molecule has 2 rings (SSSR count). The minimum atomic E-state index is -3.97. The quantitative estimate of drug-likeness (QED) is 0.364. The van der Waals surface area contributed by atoms with Crippen molar-refractivity contribution in [2.24, 2.45) is 5.41 Å². The van der Waals surface area contributed by atoms with Crippen molar-refractivity contribution in [3.63, 3.8) is 0 Å². The van der Waals surface area contributed by atoms with Crippen molar-refractivity contribution < 1.29 is 18.3 Å². The molecule has 0 radical (unpaired) electrons. The van der Waals surface area contributed by atoms with Gasteiger partial charge in [-0.15, -0.1) is 0 Å². The molecule has 0 saturated carbocycles. The zero-order valence-electron chi connectivity index (χ0n) is 18.6. The summed E-state index contributed by atoms with van der Waals surface area (Å²) in [4.78, 5) is 12.0. The van der Waals surface area contributed by atoms with Crippen LogP contribution in [0.5, 0.6) is 0 Å². The Balaban J connectivity index is 1.86. The van der Waals surface area contributed by atoms with Crippen molar-refractivity contribution in [3.05, 3.63) is 64.7 Å². The van der Waals surface area contributed by atoms with E-state index in [0.29, 0.717) is 6.42 Å². The Bertz CT molecular complexity index is 948. The van der Waals surface area contributed by atoms with Crippen molar-refractivity contribution in [1.82, 2.24) is 0 Å². The summed E-state index contributed by atoms with van der Waals surface area (Å²) in [5.41, 5.74) is 1.34. The zero-order valence-corrected chi connectivity index (χ0v) is 20.2. The Kier molecular flexibility index (Phi) is 9.14. The summed E-state index contributed by atoms with van der Waals surface area (Å²) >= 11 is 5.90. The van der Waals surface area contributed by atoms with Gasteiger partial charge in [0.2, 0.25) is 0 Å². The smallest absolute Gasteiger partial charge is 0.322 e. The molecular weight excluding hydrogens is 432 g/mol. The summed E-state index contributed by atoms with van der Waals surface area (Å²) < 4.78 is 26.1. The van der Waals surface area contributed by atoms with E-state index >= 15 is 0 Å². The maximum atomic E-state index is 13.1. The zero-order chi connectivity index (χ0) is 23.1. The number of carboxylic acid groups (broad SMARTS) is 1. The van der Waals surface area contributed by atoms with Gasteiger partial charge >= 0.3 is 5.97 Å². The van der Waals surface area contributed by atoms with Crippen molar-refractivity contribution in [1.29, 1.82) is 0 Å². The molecule has 6 heteroatoms. The van der Waals surface area contributed by atoms with Crippen molar-refractivity contribution in [2.75, 3.05) is 0 Å². The van der Waals surface area contributed by atoms with Crippen LogP contribution in [-0.2, 0) is 21.1 Å². The van der Waals surface area contributed by atoms with Gasteiger partial charge in [-0.2, -0.15) is 0 Å². The first-order chi connectivity index (χ1) is 14.5. The fourth-order valence-corrected chi connectivity index (χ4v) is 6.11. The Morgan fingerprint density at radius 2 is 1.48 bits per heavy atom. The molecule has 0 fully saturated rings. The Hall–Kier alpha value is -1.85. The summed E-state index contributed by atoms with van der Waals surface area (Å²) in [6, 6.07) is 14.3. The minimum Gasteiger partial charge on any atom is -0.480 e. The van der Waals surface area contributed by atoms with E-state index in [-0.39, 0.29) is 4.90 Å². The average Bonchev–Trinajstić information content (AvgIpc) is 2.68. The number of halogens is 1. The highest BCUT2D eigenvalue weighted by atomic mass is 35.5. The van der Waals surface area contributed by atoms with Gasteiger partial charge in [0, 0.05) is 5.02 Å². The molecule has 1 unspecified atom stereocenters. The van der Waals surface area contributed by atoms with Crippen molar-refractivity contribution in [3.8, 4) is 0 Å². The second-order valence-corrected chi connectivity index (χ2v) is 11.4. The maximum absolute atomic E-state index is 13.1. The first-order valence-electron chi connectivity index (χ1n) is 10.8. The Morgan fingerprint density at radius 3 is 2.06 bits per heavy atom. The molecule has 1 atom stereocenters. The molecule has 0 aliphatic rings. The number of sulfone groups is 1. The summed E-state index contributed by atoms with van der Waals surface area (Å²) in [6.45, 7) is 5.36. The molecule has 0 saturated heterocycles. The summed E-state index contributed by atoms with van der Waals surface area (Å²) in [5.74, 6) is -1.28. The van der Waals surface area contributed by atoms with Gasteiger partial charge in [0.15, 0.2) is 15.1 Å². The van der Waals surface area contributed by atoms with Crippen LogP contribution >= 0.6 is 11.6 Å². The fourth-order valence-electron chi connectivity index (χ4n) is 3.97. The van der Waals surface area contributed by atoms with Crippen LogP contribution < -0.4 is 0 Å². The second kappa shape index (κ2) is 11.1. The van der Waals surface area contributed by atoms with Crippen LogP contribution in [0.15, 0.2) is 53.4 Å². The van der Waals surface area contributed by atoms with E-state index in [1.165, 1.54) is 17.7 Å². The topological polar surface area (TPSA) is 71.4 Å². The first-order valence-corrected chi connectivity index (χ1v) is 12.7. The first kappa shape index (κ1) is 25.4. The van der Waals surface area contributed by atoms with E-state index in [1.54, 1.807) is 26.0 Å². The van der Waals surface area contributed by atoms with E-state index in [4.69, 9.17) is 11.6 Å². The second-order valence-electron chi connectivity index (χ2n) is 8.96. The molecule has 2 aromatic rings. The van der Waals surface area contributed by atoms with E-state index < -0.39 is 26.5 Å². The number of aliphatic carboxylic acids is 1. The lowest BCUT2D eigenvalue weighted by molar-refractivity contribution is -0.138. The van der Waals surface area contributed by atoms with Crippen molar-refractivity contribution >= 4 is 27.4 Å². The van der Waals surface area contributed by atoms with Gasteiger partial charge in [0.25, 0.3) is 0 Å². The van der Waals surface area contributed by atoms with Crippen molar-refractivity contribution in [2.45, 2.75) is 75.9 Å². The van der Waals surface area contributed by atoms with Crippen LogP contribution in [0, 0.1) is 12.3 Å². The van der Waals surface area contributed by atoms with Gasteiger partial charge in [-0.05, 0) is 61.4 Å². The third-order valence-electron chi connectivity index (χ3n) is 5.79. The van der Waals surface area contributed by atoms with E-state index in [0.717, 1.165) is 49.1 Å². The lowest BCUT2D eigenvalue weighted by atomic mass is 9.83. The van der Waals surface area contributed by atoms with Crippen LogP contribution in [0.2, 0.25) is 5.02 Å². The summed E-state index contributed by atoms with van der Waals surface area (Å²) in [6.07, 6.45) is 6.55. The monoisotopic (exact) mass is 464 g/mol. The highest BCUT2D eigenvalue weighted by molar-refractivity contribution is 7.92. The highest BCUT2D eigenvalue weighted by Gasteiger charge is 2.45. The van der Waals surface area contributed by atoms with Gasteiger partial charge in [-0.25, -0.2) is 8.42 Å². The number of hydrogen-bond acceptors (Lipinski definition) is 3. The van der Waals surface area contributed by atoms with Gasteiger partial charge in [0.05, 0.1) is 4.90 Å². The standard InChI is InChI=1S/C25H33ClO4S/c1-19-10-16-22(17-11-19)31(29,30)23(24(27)28)25(2,3)18-8-6-4-5-7-9-20-12-14-21(26)15-13-20/h10-17,23H,4-9,18H2,1-3H3,(H,27,28). The minimum absolute atomic E-state index is 0.0702. The normalized spacial score (nSPS) is 13.2. The number of hydrogen-bond donors (Lipinski definition) is 1. The van der Waals surface area contributed by atoms with E-state index in [9.17, 15) is 18.3 Å². The molecule has 0 aromatic heterocycles. The maximum Gasteiger partial charge on any atom is 0.322 e. The summed E-state index contributed by atoms with van der Waals surface area (Å²) in [7, 11) is -3.97. The lowest BCUT2D eigenvalue weighted by Crippen LogP contribution is -2.43. The van der Waals surface area contributed by atoms with Crippen LogP contribution in [0.4, 0.5) is 0 Å². The molecule has 0 spiro atoms. The molecule has 31 heavy (non-hydrogen) atoms. The van der Waals surface area contributed by atoms with E-state index in [2.05, 4.69) is 0 Å². The third kappa shape index (κ3) is 7.36. The average molecular weight is 465 g/mol. The highest BCUT2D eigenvalue weighted by Crippen LogP contribution is 2.36. The molecule has 0 bridgehead atoms. The van der Waals surface area contributed by atoms with Crippen LogP contribution in [0.1, 0.15) is 63.5 Å². The van der Waals surface area contributed by atoms with Gasteiger partial charge in [0.1, 0.15) is 0 Å². The largest absolute Gasteiger partial charge is 0.480 e. The predicted molar refractivity (Wildman–Crippen MR) is 126 cm³/mol. The summed E-state index contributed by atoms with van der Waals surface area (Å²) in [5, 5.41) is 9.05. The molecule has 0 heterocycles. The third-order valence-corrected chi connectivity index (χ3v) is 8.44. The van der Waals surface area contributed by atoms with Crippen LogP contribution in [0.3, 0.4) is 0 Å².